The first-order valence-corrected chi connectivity index (χ1v) is 9.41. The van der Waals surface area contributed by atoms with Crippen LogP contribution in [0, 0.1) is 0 Å². The normalized spacial score (nSPS) is 20.6. The second kappa shape index (κ2) is 6.48. The van der Waals surface area contributed by atoms with Crippen LogP contribution in [-0.2, 0) is 11.2 Å². The third-order valence-corrected chi connectivity index (χ3v) is 5.98. The van der Waals surface area contributed by atoms with Gasteiger partial charge in [0.1, 0.15) is 5.01 Å². The molecule has 2 aromatic rings. The van der Waals surface area contributed by atoms with Gasteiger partial charge in [0.2, 0.25) is 0 Å². The van der Waals surface area contributed by atoms with E-state index >= 15 is 0 Å². The molecule has 0 bridgehead atoms. The molecule has 0 radical (unpaired) electrons. The Morgan fingerprint density at radius 2 is 2.25 bits per heavy atom. The fourth-order valence-corrected chi connectivity index (χ4v) is 4.62. The molecule has 4 nitrogen and oxygen atoms in total. The number of allylic oxidation sites excluding steroid dienone is 2. The summed E-state index contributed by atoms with van der Waals surface area (Å²) in [6.07, 6.45) is 12.2. The number of carbonyl (C=O) groups is 2. The van der Waals surface area contributed by atoms with E-state index in [4.69, 9.17) is 0 Å². The predicted molar refractivity (Wildman–Crippen MR) is 94.3 cm³/mol. The maximum absolute atomic E-state index is 12.7. The number of rotatable bonds is 4. The van der Waals surface area contributed by atoms with E-state index in [-0.39, 0.29) is 17.6 Å². The van der Waals surface area contributed by atoms with Gasteiger partial charge in [0.25, 0.3) is 0 Å². The molecular weight excluding hydrogens is 320 g/mol. The molecule has 0 saturated heterocycles. The Labute approximate surface area is 145 Å². The molecule has 24 heavy (non-hydrogen) atoms. The minimum atomic E-state index is -0.228. The van der Waals surface area contributed by atoms with Gasteiger partial charge in [-0.15, -0.1) is 11.3 Å². The molecule has 2 aromatic heterocycles. The summed E-state index contributed by atoms with van der Waals surface area (Å²) in [5.41, 5.74) is 2.04. The van der Waals surface area contributed by atoms with Crippen LogP contribution in [0.3, 0.4) is 0 Å². The van der Waals surface area contributed by atoms with Crippen LogP contribution in [-0.4, -0.2) is 21.1 Å². The van der Waals surface area contributed by atoms with Crippen molar-refractivity contribution in [3.05, 3.63) is 46.2 Å². The first-order chi connectivity index (χ1) is 11.7. The lowest BCUT2D eigenvalue weighted by Crippen LogP contribution is -2.28. The van der Waals surface area contributed by atoms with E-state index in [9.17, 15) is 9.59 Å². The van der Waals surface area contributed by atoms with Gasteiger partial charge < -0.3 is 4.57 Å². The minimum absolute atomic E-state index is 0.129. The monoisotopic (exact) mass is 340 g/mol. The van der Waals surface area contributed by atoms with E-state index in [0.717, 1.165) is 17.8 Å². The van der Waals surface area contributed by atoms with E-state index in [0.29, 0.717) is 25.0 Å². The lowest BCUT2D eigenvalue weighted by Gasteiger charge is -2.24. The quantitative estimate of drug-likeness (QED) is 0.837. The summed E-state index contributed by atoms with van der Waals surface area (Å²) in [5.74, 6) is 0.281. The van der Waals surface area contributed by atoms with Crippen molar-refractivity contribution in [2.75, 3.05) is 0 Å². The van der Waals surface area contributed by atoms with Crippen LogP contribution in [0.1, 0.15) is 64.9 Å². The molecule has 0 aromatic carbocycles. The Balaban J connectivity index is 1.49. The van der Waals surface area contributed by atoms with Gasteiger partial charge in [0.15, 0.2) is 11.6 Å². The SMILES string of the molecule is O=C1CCC(C(=O)Cc2ncc(C3=CCCCC3)s2)n2cccc21. The van der Waals surface area contributed by atoms with Crippen LogP contribution < -0.4 is 0 Å². The highest BCUT2D eigenvalue weighted by atomic mass is 32.1. The number of hydrogen-bond donors (Lipinski definition) is 0. The van der Waals surface area contributed by atoms with E-state index in [1.807, 2.05) is 23.0 Å². The van der Waals surface area contributed by atoms with E-state index in [1.54, 1.807) is 17.4 Å². The van der Waals surface area contributed by atoms with Crippen LogP contribution in [0.4, 0.5) is 0 Å². The number of ketones is 2. The Bertz CT molecular complexity index is 815. The lowest BCUT2D eigenvalue weighted by molar-refractivity contribution is -0.121. The zero-order valence-electron chi connectivity index (χ0n) is 13.5. The molecule has 1 atom stereocenters. The lowest BCUT2D eigenvalue weighted by atomic mass is 9.97. The number of thiazole rings is 1. The second-order valence-electron chi connectivity index (χ2n) is 6.51. The van der Waals surface area contributed by atoms with Crippen molar-refractivity contribution in [1.82, 2.24) is 9.55 Å². The van der Waals surface area contributed by atoms with Gasteiger partial charge in [-0.1, -0.05) is 6.08 Å². The zero-order chi connectivity index (χ0) is 16.5. The molecule has 4 rings (SSSR count). The molecule has 5 heteroatoms. The van der Waals surface area contributed by atoms with Crippen LogP contribution in [0.15, 0.2) is 30.6 Å². The van der Waals surface area contributed by atoms with E-state index < -0.39 is 0 Å². The Kier molecular flexibility index (Phi) is 4.19. The predicted octanol–water partition coefficient (Wildman–Crippen LogP) is 4.23. The van der Waals surface area contributed by atoms with E-state index in [1.165, 1.54) is 23.3 Å². The molecule has 0 fully saturated rings. The average molecular weight is 340 g/mol. The smallest absolute Gasteiger partial charge is 0.179 e. The van der Waals surface area contributed by atoms with Gasteiger partial charge in [0, 0.05) is 18.8 Å². The van der Waals surface area contributed by atoms with Crippen LogP contribution in [0.25, 0.3) is 5.57 Å². The Hall–Kier alpha value is -2.01. The van der Waals surface area contributed by atoms with Gasteiger partial charge in [-0.25, -0.2) is 4.98 Å². The fourth-order valence-electron chi connectivity index (χ4n) is 3.62. The van der Waals surface area contributed by atoms with E-state index in [2.05, 4.69) is 11.1 Å². The van der Waals surface area contributed by atoms with Crippen molar-refractivity contribution in [3.63, 3.8) is 0 Å². The summed E-state index contributed by atoms with van der Waals surface area (Å²) in [5, 5.41) is 0.882. The Morgan fingerprint density at radius 1 is 1.33 bits per heavy atom. The largest absolute Gasteiger partial charge is 0.335 e. The third-order valence-electron chi connectivity index (χ3n) is 4.90. The molecule has 2 aliphatic rings. The molecule has 0 spiro atoms. The Morgan fingerprint density at radius 3 is 3.08 bits per heavy atom. The van der Waals surface area contributed by atoms with Crippen LogP contribution in [0.2, 0.25) is 0 Å². The number of Topliss-reactive ketones (excluding diaryl/α,β-unsaturated/α-hetero) is 2. The zero-order valence-corrected chi connectivity index (χ0v) is 14.3. The topological polar surface area (TPSA) is 52.0 Å². The van der Waals surface area contributed by atoms with Crippen molar-refractivity contribution in [3.8, 4) is 0 Å². The number of hydrogen-bond acceptors (Lipinski definition) is 4. The highest BCUT2D eigenvalue weighted by Gasteiger charge is 2.29. The van der Waals surface area contributed by atoms with Crippen molar-refractivity contribution in [2.24, 2.45) is 0 Å². The molecule has 1 unspecified atom stereocenters. The molecule has 1 aliphatic heterocycles. The average Bonchev–Trinajstić information content (AvgIpc) is 3.26. The van der Waals surface area contributed by atoms with Gasteiger partial charge in [-0.2, -0.15) is 0 Å². The molecule has 0 N–H and O–H groups in total. The summed E-state index contributed by atoms with van der Waals surface area (Å²) in [7, 11) is 0. The fraction of sp³-hybridized carbons (Fsp3) is 0.421. The van der Waals surface area contributed by atoms with Gasteiger partial charge in [-0.05, 0) is 49.8 Å². The second-order valence-corrected chi connectivity index (χ2v) is 7.63. The number of carbonyl (C=O) groups excluding carboxylic acids is 2. The van der Waals surface area contributed by atoms with Gasteiger partial charge in [-0.3, -0.25) is 9.59 Å². The van der Waals surface area contributed by atoms with Crippen LogP contribution >= 0.6 is 11.3 Å². The number of aromatic nitrogens is 2. The summed E-state index contributed by atoms with van der Waals surface area (Å²) in [6.45, 7) is 0. The highest BCUT2D eigenvalue weighted by Crippen LogP contribution is 2.32. The van der Waals surface area contributed by atoms with Crippen molar-refractivity contribution in [2.45, 2.75) is 51.0 Å². The summed E-state index contributed by atoms with van der Waals surface area (Å²) in [4.78, 5) is 30.3. The van der Waals surface area contributed by atoms with Gasteiger partial charge in [0.05, 0.1) is 23.0 Å². The van der Waals surface area contributed by atoms with Crippen molar-refractivity contribution in [1.29, 1.82) is 0 Å². The van der Waals surface area contributed by atoms with Crippen molar-refractivity contribution < 1.29 is 9.59 Å². The van der Waals surface area contributed by atoms with Crippen LogP contribution in [0.5, 0.6) is 0 Å². The minimum Gasteiger partial charge on any atom is -0.335 e. The molecule has 0 amide bonds. The first kappa shape index (κ1) is 15.5. The van der Waals surface area contributed by atoms with Gasteiger partial charge >= 0.3 is 0 Å². The molecule has 0 saturated carbocycles. The maximum atomic E-state index is 12.7. The summed E-state index contributed by atoms with van der Waals surface area (Å²) < 4.78 is 1.84. The molecule has 3 heterocycles. The molecule has 124 valence electrons. The number of nitrogens with zero attached hydrogens (tertiary/aromatic N) is 2. The van der Waals surface area contributed by atoms with Crippen molar-refractivity contribution >= 4 is 28.5 Å². The number of fused-ring (bicyclic) bond motifs is 1. The molecular formula is C19H20N2O2S. The first-order valence-electron chi connectivity index (χ1n) is 8.59. The third kappa shape index (κ3) is 2.88. The summed E-state index contributed by atoms with van der Waals surface area (Å²) >= 11 is 1.64. The maximum Gasteiger partial charge on any atom is 0.179 e. The molecule has 1 aliphatic carbocycles. The highest BCUT2D eigenvalue weighted by molar-refractivity contribution is 7.12. The summed E-state index contributed by atoms with van der Waals surface area (Å²) in [6, 6.07) is 3.42. The standard InChI is InChI=1S/C19H20N2O2S/c22-16-9-8-15(21-10-4-7-14(16)21)17(23)11-19-20-12-18(24-19)13-5-2-1-3-6-13/h4-5,7,10,12,15H,1-3,6,8-9,11H2.